The van der Waals surface area contributed by atoms with Gasteiger partial charge in [-0.3, -0.25) is 9.59 Å². The van der Waals surface area contributed by atoms with E-state index < -0.39 is 5.97 Å². The Balaban J connectivity index is 2.54. The van der Waals surface area contributed by atoms with E-state index in [2.05, 4.69) is 5.32 Å². The molecule has 0 unspecified atom stereocenters. The highest BCUT2D eigenvalue weighted by Crippen LogP contribution is 2.11. The van der Waals surface area contributed by atoms with Gasteiger partial charge < -0.3 is 10.4 Å². The molecular weight excluding hydrogens is 254 g/mol. The van der Waals surface area contributed by atoms with Gasteiger partial charge in [0.2, 0.25) is 5.91 Å². The van der Waals surface area contributed by atoms with E-state index in [1.807, 2.05) is 0 Å². The summed E-state index contributed by atoms with van der Waals surface area (Å²) < 4.78 is 0. The van der Waals surface area contributed by atoms with Crippen LogP contribution >= 0.6 is 11.6 Å². The number of carboxylic acid groups (broad SMARTS) is 1. The van der Waals surface area contributed by atoms with Gasteiger partial charge in [0, 0.05) is 18.0 Å². The van der Waals surface area contributed by atoms with Crippen LogP contribution in [0, 0.1) is 0 Å². The summed E-state index contributed by atoms with van der Waals surface area (Å²) in [4.78, 5) is 21.6. The number of rotatable bonds is 6. The molecule has 1 rings (SSSR count). The molecule has 0 aliphatic rings. The van der Waals surface area contributed by atoms with Crippen LogP contribution in [-0.4, -0.2) is 22.9 Å². The van der Waals surface area contributed by atoms with Gasteiger partial charge in [0.1, 0.15) is 0 Å². The molecule has 96 valence electrons. The van der Waals surface area contributed by atoms with E-state index >= 15 is 0 Å². The first kappa shape index (κ1) is 14.3. The summed E-state index contributed by atoms with van der Waals surface area (Å²) in [6.45, 7) is 0. The Morgan fingerprint density at radius 1 is 1.28 bits per heavy atom. The van der Waals surface area contributed by atoms with Gasteiger partial charge in [0.05, 0.1) is 6.42 Å². The van der Waals surface area contributed by atoms with Gasteiger partial charge in [0.25, 0.3) is 0 Å². The number of halogens is 1. The quantitative estimate of drug-likeness (QED) is 0.779. The molecule has 4 nitrogen and oxygen atoms in total. The zero-order valence-corrected chi connectivity index (χ0v) is 10.5. The molecule has 1 aromatic rings. The van der Waals surface area contributed by atoms with E-state index in [0.29, 0.717) is 11.6 Å². The van der Waals surface area contributed by atoms with Crippen LogP contribution in [0.4, 0.5) is 5.69 Å². The summed E-state index contributed by atoms with van der Waals surface area (Å²) in [7, 11) is 0. The molecule has 0 aliphatic carbocycles. The minimum Gasteiger partial charge on any atom is -0.481 e. The van der Waals surface area contributed by atoms with Crippen LogP contribution in [0.2, 0.25) is 0 Å². The Morgan fingerprint density at radius 2 is 1.94 bits per heavy atom. The zero-order chi connectivity index (χ0) is 13.4. The van der Waals surface area contributed by atoms with Crippen LogP contribution in [-0.2, 0) is 9.59 Å². The second kappa shape index (κ2) is 7.50. The van der Waals surface area contributed by atoms with Crippen molar-refractivity contribution in [2.45, 2.75) is 12.8 Å². The van der Waals surface area contributed by atoms with Gasteiger partial charge in [-0.2, -0.15) is 0 Å². The average Bonchev–Trinajstić information content (AvgIpc) is 2.31. The normalized spacial score (nSPS) is 10.5. The van der Waals surface area contributed by atoms with Crippen molar-refractivity contribution in [2.24, 2.45) is 0 Å². The van der Waals surface area contributed by atoms with Gasteiger partial charge in [-0.25, -0.2) is 0 Å². The van der Waals surface area contributed by atoms with E-state index in [1.54, 1.807) is 36.4 Å². The van der Waals surface area contributed by atoms with Crippen molar-refractivity contribution in [3.05, 3.63) is 35.9 Å². The highest BCUT2D eigenvalue weighted by molar-refractivity contribution is 6.19. The molecule has 18 heavy (non-hydrogen) atoms. The summed E-state index contributed by atoms with van der Waals surface area (Å²) in [5.74, 6) is -0.697. The number of benzene rings is 1. The largest absolute Gasteiger partial charge is 0.481 e. The molecular formula is C13H14ClNO3. The fraction of sp³-hybridized carbons (Fsp3) is 0.231. The number of anilines is 1. The Bertz CT molecular complexity index is 440. The van der Waals surface area contributed by atoms with Crippen molar-refractivity contribution in [3.63, 3.8) is 0 Å². The molecule has 0 saturated heterocycles. The van der Waals surface area contributed by atoms with Crippen LogP contribution in [0.1, 0.15) is 18.4 Å². The molecule has 0 aromatic heterocycles. The van der Waals surface area contributed by atoms with Gasteiger partial charge in [-0.15, -0.1) is 11.6 Å². The second-order valence-corrected chi connectivity index (χ2v) is 3.99. The second-order valence-electron chi connectivity index (χ2n) is 3.61. The molecule has 0 fully saturated rings. The monoisotopic (exact) mass is 267 g/mol. The zero-order valence-electron chi connectivity index (χ0n) is 9.73. The smallest absolute Gasteiger partial charge is 0.307 e. The first-order valence-electron chi connectivity index (χ1n) is 5.46. The molecule has 5 heteroatoms. The van der Waals surface area contributed by atoms with Gasteiger partial charge >= 0.3 is 5.97 Å². The third-order valence-corrected chi connectivity index (χ3v) is 2.31. The minimum absolute atomic E-state index is 0.00574. The number of alkyl halides is 1. The number of aliphatic carboxylic acids is 1. The van der Waals surface area contributed by atoms with Gasteiger partial charge in [-0.05, 0) is 17.7 Å². The Kier molecular flexibility index (Phi) is 5.94. The predicted molar refractivity (Wildman–Crippen MR) is 71.7 cm³/mol. The van der Waals surface area contributed by atoms with Crippen LogP contribution in [0.3, 0.4) is 0 Å². The number of hydrogen-bond donors (Lipinski definition) is 2. The fourth-order valence-corrected chi connectivity index (χ4v) is 1.45. The lowest BCUT2D eigenvalue weighted by Crippen LogP contribution is -2.11. The summed E-state index contributed by atoms with van der Waals surface area (Å²) in [6.07, 6.45) is 3.57. The average molecular weight is 268 g/mol. The minimum atomic E-state index is -0.865. The number of hydrogen-bond acceptors (Lipinski definition) is 2. The SMILES string of the molecule is O=C(O)CC=Cc1ccc(NC(=O)CCCl)cc1. The Labute approximate surface area is 110 Å². The highest BCUT2D eigenvalue weighted by atomic mass is 35.5. The maximum Gasteiger partial charge on any atom is 0.307 e. The Hall–Kier alpha value is -1.81. The molecule has 0 spiro atoms. The van der Waals surface area contributed by atoms with Crippen molar-refractivity contribution >= 4 is 35.2 Å². The first-order valence-corrected chi connectivity index (χ1v) is 5.99. The lowest BCUT2D eigenvalue weighted by Gasteiger charge is -2.03. The van der Waals surface area contributed by atoms with E-state index in [4.69, 9.17) is 16.7 Å². The summed E-state index contributed by atoms with van der Waals surface area (Å²) in [6, 6.07) is 7.11. The van der Waals surface area contributed by atoms with Crippen LogP contribution in [0.25, 0.3) is 6.08 Å². The Morgan fingerprint density at radius 3 is 2.50 bits per heavy atom. The molecule has 0 aliphatic heterocycles. The third-order valence-electron chi connectivity index (χ3n) is 2.12. The number of nitrogens with one attached hydrogen (secondary N) is 1. The number of amides is 1. The van der Waals surface area contributed by atoms with Crippen molar-refractivity contribution in [1.82, 2.24) is 0 Å². The topological polar surface area (TPSA) is 66.4 Å². The fourth-order valence-electron chi connectivity index (χ4n) is 1.28. The van der Waals surface area contributed by atoms with Crippen molar-refractivity contribution in [1.29, 1.82) is 0 Å². The first-order chi connectivity index (χ1) is 8.61. The lowest BCUT2D eigenvalue weighted by atomic mass is 10.2. The van der Waals surface area contributed by atoms with E-state index in [9.17, 15) is 9.59 Å². The van der Waals surface area contributed by atoms with Crippen molar-refractivity contribution in [2.75, 3.05) is 11.2 Å². The summed E-state index contributed by atoms with van der Waals surface area (Å²) >= 11 is 5.45. The lowest BCUT2D eigenvalue weighted by molar-refractivity contribution is -0.136. The highest BCUT2D eigenvalue weighted by Gasteiger charge is 2.00. The molecule has 1 amide bonds. The summed E-state index contributed by atoms with van der Waals surface area (Å²) in [5.41, 5.74) is 1.58. The number of carboxylic acids is 1. The molecule has 0 atom stereocenters. The summed E-state index contributed by atoms with van der Waals surface area (Å²) in [5, 5.41) is 11.2. The molecule has 2 N–H and O–H groups in total. The van der Waals surface area contributed by atoms with E-state index in [-0.39, 0.29) is 18.7 Å². The maximum absolute atomic E-state index is 11.3. The van der Waals surface area contributed by atoms with E-state index in [1.165, 1.54) is 0 Å². The van der Waals surface area contributed by atoms with Gasteiger partial charge in [0.15, 0.2) is 0 Å². The molecule has 0 heterocycles. The number of carbonyl (C=O) groups is 2. The molecule has 0 radical (unpaired) electrons. The molecule has 0 saturated carbocycles. The predicted octanol–water partition coefficient (Wildman–Crippen LogP) is 2.74. The molecule has 0 bridgehead atoms. The van der Waals surface area contributed by atoms with Gasteiger partial charge in [-0.1, -0.05) is 24.3 Å². The number of carbonyl (C=O) groups excluding carboxylic acids is 1. The van der Waals surface area contributed by atoms with Crippen LogP contribution < -0.4 is 5.32 Å². The third kappa shape index (κ3) is 5.50. The van der Waals surface area contributed by atoms with E-state index in [0.717, 1.165) is 5.56 Å². The molecule has 1 aromatic carbocycles. The van der Waals surface area contributed by atoms with Crippen LogP contribution in [0.5, 0.6) is 0 Å². The maximum atomic E-state index is 11.3. The van der Waals surface area contributed by atoms with Crippen LogP contribution in [0.15, 0.2) is 30.3 Å². The van der Waals surface area contributed by atoms with Crippen molar-refractivity contribution < 1.29 is 14.7 Å². The standard InChI is InChI=1S/C13H14ClNO3/c14-9-8-12(16)15-11-6-4-10(5-7-11)2-1-3-13(17)18/h1-2,4-7H,3,8-9H2,(H,15,16)(H,17,18). The van der Waals surface area contributed by atoms with Crippen molar-refractivity contribution in [3.8, 4) is 0 Å².